The SMILES string of the molecule is Cc1ccc(C)c(NC(=O)COC(=O)c2ccc(SC(F)F)cc2)c1. The average Bonchev–Trinajstić information content (AvgIpc) is 2.56. The topological polar surface area (TPSA) is 55.4 Å². The molecule has 7 heteroatoms. The number of hydrogen-bond donors (Lipinski definition) is 1. The maximum atomic E-state index is 12.2. The van der Waals surface area contributed by atoms with Crippen LogP contribution in [-0.4, -0.2) is 24.2 Å². The molecular weight excluding hydrogens is 348 g/mol. The number of carbonyl (C=O) groups excluding carboxylic acids is 2. The van der Waals surface area contributed by atoms with E-state index in [9.17, 15) is 18.4 Å². The predicted octanol–water partition coefficient (Wildman–Crippen LogP) is 4.41. The van der Waals surface area contributed by atoms with Crippen LogP contribution < -0.4 is 5.32 Å². The molecule has 2 aromatic carbocycles. The molecule has 1 amide bonds. The molecule has 2 aromatic rings. The van der Waals surface area contributed by atoms with E-state index in [0.717, 1.165) is 11.1 Å². The van der Waals surface area contributed by atoms with E-state index in [2.05, 4.69) is 5.32 Å². The Morgan fingerprint density at radius 1 is 1.12 bits per heavy atom. The summed E-state index contributed by atoms with van der Waals surface area (Å²) in [6.07, 6.45) is 0. The Balaban J connectivity index is 1.88. The van der Waals surface area contributed by atoms with Gasteiger partial charge in [0, 0.05) is 10.6 Å². The van der Waals surface area contributed by atoms with Gasteiger partial charge < -0.3 is 10.1 Å². The standard InChI is InChI=1S/C18H17F2NO3S/c1-11-3-4-12(2)15(9-11)21-16(22)10-24-17(23)13-5-7-14(8-6-13)25-18(19)20/h3-9,18H,10H2,1-2H3,(H,21,22). The van der Waals surface area contributed by atoms with Crippen LogP contribution in [0.3, 0.4) is 0 Å². The third-order valence-electron chi connectivity index (χ3n) is 3.32. The molecule has 25 heavy (non-hydrogen) atoms. The molecule has 4 nitrogen and oxygen atoms in total. The number of halogens is 2. The predicted molar refractivity (Wildman–Crippen MR) is 93.1 cm³/mol. The summed E-state index contributed by atoms with van der Waals surface area (Å²) in [6, 6.07) is 11.2. The number of amides is 1. The molecule has 0 saturated heterocycles. The fraction of sp³-hybridized carbons (Fsp3) is 0.222. The number of aryl methyl sites for hydroxylation is 2. The van der Waals surface area contributed by atoms with Crippen molar-refractivity contribution < 1.29 is 23.1 Å². The van der Waals surface area contributed by atoms with Crippen molar-refractivity contribution >= 4 is 29.3 Å². The molecule has 0 heterocycles. The first kappa shape index (κ1) is 18.9. The van der Waals surface area contributed by atoms with E-state index in [1.165, 1.54) is 24.3 Å². The second-order valence-electron chi connectivity index (χ2n) is 5.35. The molecule has 0 saturated carbocycles. The van der Waals surface area contributed by atoms with Crippen LogP contribution in [-0.2, 0) is 9.53 Å². The number of carbonyl (C=O) groups is 2. The number of benzene rings is 2. The van der Waals surface area contributed by atoms with Crippen molar-refractivity contribution in [3.05, 3.63) is 59.2 Å². The van der Waals surface area contributed by atoms with E-state index in [1.807, 2.05) is 32.0 Å². The van der Waals surface area contributed by atoms with Crippen LogP contribution in [0.5, 0.6) is 0 Å². The van der Waals surface area contributed by atoms with Gasteiger partial charge in [-0.1, -0.05) is 23.9 Å². The van der Waals surface area contributed by atoms with E-state index in [1.54, 1.807) is 0 Å². The average molecular weight is 365 g/mol. The molecular formula is C18H17F2NO3S. The van der Waals surface area contributed by atoms with Gasteiger partial charge in [0.25, 0.3) is 11.7 Å². The lowest BCUT2D eigenvalue weighted by molar-refractivity contribution is -0.119. The van der Waals surface area contributed by atoms with Gasteiger partial charge in [-0.25, -0.2) is 4.79 Å². The van der Waals surface area contributed by atoms with E-state index < -0.39 is 24.2 Å². The number of alkyl halides is 2. The van der Waals surface area contributed by atoms with Gasteiger partial charge in [0.2, 0.25) is 0 Å². The Bertz CT molecular complexity index is 763. The number of ether oxygens (including phenoxy) is 1. The molecule has 0 bridgehead atoms. The van der Waals surface area contributed by atoms with Crippen molar-refractivity contribution in [3.63, 3.8) is 0 Å². The van der Waals surface area contributed by atoms with Gasteiger partial charge in [-0.05, 0) is 55.3 Å². The van der Waals surface area contributed by atoms with E-state index >= 15 is 0 Å². The van der Waals surface area contributed by atoms with Gasteiger partial charge in [-0.2, -0.15) is 8.78 Å². The number of nitrogens with one attached hydrogen (secondary N) is 1. The molecule has 0 atom stereocenters. The quantitative estimate of drug-likeness (QED) is 0.608. The van der Waals surface area contributed by atoms with Crippen LogP contribution in [0.15, 0.2) is 47.4 Å². The fourth-order valence-corrected chi connectivity index (χ4v) is 2.54. The summed E-state index contributed by atoms with van der Waals surface area (Å²) in [4.78, 5) is 24.2. The lowest BCUT2D eigenvalue weighted by Crippen LogP contribution is -2.21. The van der Waals surface area contributed by atoms with Crippen molar-refractivity contribution in [2.75, 3.05) is 11.9 Å². The smallest absolute Gasteiger partial charge is 0.338 e. The third kappa shape index (κ3) is 5.86. The second kappa shape index (κ2) is 8.62. The van der Waals surface area contributed by atoms with Crippen LogP contribution in [0.4, 0.5) is 14.5 Å². The minimum atomic E-state index is -2.52. The van der Waals surface area contributed by atoms with Gasteiger partial charge in [-0.3, -0.25) is 4.79 Å². The van der Waals surface area contributed by atoms with Gasteiger partial charge in [0.15, 0.2) is 6.61 Å². The Hall–Kier alpha value is -2.41. The Labute approximate surface area is 148 Å². The fourth-order valence-electron chi connectivity index (χ4n) is 2.04. The summed E-state index contributed by atoms with van der Waals surface area (Å²) in [5.74, 6) is -3.66. The maximum absolute atomic E-state index is 12.2. The molecule has 0 aliphatic rings. The molecule has 132 valence electrons. The van der Waals surface area contributed by atoms with E-state index in [0.29, 0.717) is 22.3 Å². The minimum Gasteiger partial charge on any atom is -0.452 e. The van der Waals surface area contributed by atoms with Crippen molar-refractivity contribution in [2.24, 2.45) is 0 Å². The summed E-state index contributed by atoms with van der Waals surface area (Å²) in [5, 5.41) is 2.69. The lowest BCUT2D eigenvalue weighted by atomic mass is 10.1. The minimum absolute atomic E-state index is 0.193. The van der Waals surface area contributed by atoms with Gasteiger partial charge in [-0.15, -0.1) is 0 Å². The molecule has 0 fully saturated rings. The molecule has 0 radical (unpaired) electrons. The first-order chi connectivity index (χ1) is 11.8. The van der Waals surface area contributed by atoms with Crippen molar-refractivity contribution in [1.29, 1.82) is 0 Å². The maximum Gasteiger partial charge on any atom is 0.338 e. The number of anilines is 1. The molecule has 1 N–H and O–H groups in total. The van der Waals surface area contributed by atoms with Crippen LogP contribution >= 0.6 is 11.8 Å². The molecule has 0 unspecified atom stereocenters. The summed E-state index contributed by atoms with van der Waals surface area (Å²) >= 11 is 0.391. The number of hydrogen-bond acceptors (Lipinski definition) is 4. The first-order valence-electron chi connectivity index (χ1n) is 7.44. The van der Waals surface area contributed by atoms with Crippen LogP contribution in [0.25, 0.3) is 0 Å². The molecule has 0 aliphatic heterocycles. The molecule has 0 spiro atoms. The highest BCUT2D eigenvalue weighted by atomic mass is 32.2. The molecule has 0 aliphatic carbocycles. The molecule has 0 aromatic heterocycles. The monoisotopic (exact) mass is 365 g/mol. The van der Waals surface area contributed by atoms with Gasteiger partial charge >= 0.3 is 5.97 Å². The zero-order valence-corrected chi connectivity index (χ0v) is 14.5. The van der Waals surface area contributed by atoms with E-state index in [-0.39, 0.29) is 5.56 Å². The Kier molecular flexibility index (Phi) is 6.52. The number of esters is 1. The van der Waals surface area contributed by atoms with Gasteiger partial charge in [0.1, 0.15) is 0 Å². The van der Waals surface area contributed by atoms with Crippen LogP contribution in [0.1, 0.15) is 21.5 Å². The highest BCUT2D eigenvalue weighted by molar-refractivity contribution is 7.99. The van der Waals surface area contributed by atoms with Crippen LogP contribution in [0.2, 0.25) is 0 Å². The molecule has 2 rings (SSSR count). The first-order valence-corrected chi connectivity index (χ1v) is 8.32. The summed E-state index contributed by atoms with van der Waals surface area (Å²) in [7, 11) is 0. The Morgan fingerprint density at radius 2 is 1.80 bits per heavy atom. The van der Waals surface area contributed by atoms with Gasteiger partial charge in [0.05, 0.1) is 5.56 Å². The second-order valence-corrected chi connectivity index (χ2v) is 6.41. The van der Waals surface area contributed by atoms with Crippen molar-refractivity contribution in [1.82, 2.24) is 0 Å². The number of rotatable bonds is 6. The van der Waals surface area contributed by atoms with Crippen molar-refractivity contribution in [2.45, 2.75) is 24.5 Å². The summed E-state index contributed by atoms with van der Waals surface area (Å²) < 4.78 is 29.4. The summed E-state index contributed by atoms with van der Waals surface area (Å²) in [5.41, 5.74) is 2.75. The largest absolute Gasteiger partial charge is 0.452 e. The third-order valence-corrected chi connectivity index (χ3v) is 4.04. The Morgan fingerprint density at radius 3 is 2.44 bits per heavy atom. The lowest BCUT2D eigenvalue weighted by Gasteiger charge is -2.10. The normalized spacial score (nSPS) is 10.6. The zero-order valence-electron chi connectivity index (χ0n) is 13.7. The van der Waals surface area contributed by atoms with Crippen LogP contribution in [0, 0.1) is 13.8 Å². The zero-order chi connectivity index (χ0) is 18.4. The summed E-state index contributed by atoms with van der Waals surface area (Å²) in [6.45, 7) is 3.34. The highest BCUT2D eigenvalue weighted by Gasteiger charge is 2.12. The van der Waals surface area contributed by atoms with E-state index in [4.69, 9.17) is 4.74 Å². The number of thioether (sulfide) groups is 1. The highest BCUT2D eigenvalue weighted by Crippen LogP contribution is 2.25. The van der Waals surface area contributed by atoms with Crippen molar-refractivity contribution in [3.8, 4) is 0 Å².